The van der Waals surface area contributed by atoms with Gasteiger partial charge in [-0.2, -0.15) is 5.26 Å². The predicted molar refractivity (Wildman–Crippen MR) is 63.5 cm³/mol. The number of nitrogens with zero attached hydrogens (tertiary/aromatic N) is 3. The van der Waals surface area contributed by atoms with E-state index in [1.54, 1.807) is 12.3 Å². The lowest BCUT2D eigenvalue weighted by molar-refractivity contribution is 0.298. The van der Waals surface area contributed by atoms with Crippen LogP contribution in [0.5, 0.6) is 0 Å². The molecular weight excluding hydrogens is 226 g/mol. The van der Waals surface area contributed by atoms with Crippen molar-refractivity contribution in [3.63, 3.8) is 0 Å². The molecule has 0 spiro atoms. The molecule has 0 aliphatic carbocycles. The average molecular weight is 240 g/mol. The number of halogens is 1. The summed E-state index contributed by atoms with van der Waals surface area (Å²) in [5.41, 5.74) is 0.398. The summed E-state index contributed by atoms with van der Waals surface area (Å²) in [5, 5.41) is 18.2. The molecule has 4 nitrogen and oxygen atoms in total. The normalized spacial score (nSPS) is 10.2. The second-order valence-electron chi connectivity index (χ2n) is 3.62. The van der Waals surface area contributed by atoms with Gasteiger partial charge in [-0.25, -0.2) is 4.98 Å². The first kappa shape index (κ1) is 12.8. The number of pyridine rings is 1. The lowest BCUT2D eigenvalue weighted by Gasteiger charge is -2.27. The van der Waals surface area contributed by atoms with Crippen LogP contribution in [0.25, 0.3) is 0 Å². The highest BCUT2D eigenvalue weighted by Gasteiger charge is 2.16. The third-order valence-corrected chi connectivity index (χ3v) is 2.60. The number of hydrogen-bond donors (Lipinski definition) is 1. The van der Waals surface area contributed by atoms with Gasteiger partial charge in [0, 0.05) is 18.8 Å². The molecule has 0 radical (unpaired) electrons. The minimum atomic E-state index is 0.0208. The first-order chi connectivity index (χ1) is 7.61. The monoisotopic (exact) mass is 239 g/mol. The van der Waals surface area contributed by atoms with Crippen LogP contribution in [-0.4, -0.2) is 29.3 Å². The number of aromatic nitrogens is 1. The van der Waals surface area contributed by atoms with E-state index in [0.29, 0.717) is 22.9 Å². The molecule has 0 saturated carbocycles. The van der Waals surface area contributed by atoms with Crippen LogP contribution in [0.15, 0.2) is 12.3 Å². The molecule has 1 N–H and O–H groups in total. The van der Waals surface area contributed by atoms with E-state index < -0.39 is 0 Å². The maximum Gasteiger partial charge on any atom is 0.149 e. The molecule has 0 bridgehead atoms. The Morgan fingerprint density at radius 2 is 2.31 bits per heavy atom. The fraction of sp³-hybridized carbons (Fsp3) is 0.455. The maximum absolute atomic E-state index is 8.99. The predicted octanol–water partition coefficient (Wildman–Crippen LogP) is 1.81. The van der Waals surface area contributed by atoms with Crippen molar-refractivity contribution in [1.82, 2.24) is 4.98 Å². The Kier molecular flexibility index (Phi) is 4.53. The quantitative estimate of drug-likeness (QED) is 0.871. The van der Waals surface area contributed by atoms with Crippen LogP contribution in [0, 0.1) is 11.3 Å². The zero-order valence-electron chi connectivity index (χ0n) is 9.31. The van der Waals surface area contributed by atoms with Gasteiger partial charge in [-0.1, -0.05) is 11.6 Å². The summed E-state index contributed by atoms with van der Waals surface area (Å²) in [4.78, 5) is 6.02. The Balaban J connectivity index is 3.15. The van der Waals surface area contributed by atoms with E-state index >= 15 is 0 Å². The van der Waals surface area contributed by atoms with Gasteiger partial charge in [0.05, 0.1) is 12.2 Å². The van der Waals surface area contributed by atoms with Crippen LogP contribution in [0.1, 0.15) is 19.4 Å². The highest BCUT2D eigenvalue weighted by atomic mass is 35.5. The van der Waals surface area contributed by atoms with Crippen molar-refractivity contribution in [2.45, 2.75) is 19.9 Å². The van der Waals surface area contributed by atoms with E-state index in [2.05, 4.69) is 4.98 Å². The van der Waals surface area contributed by atoms with Crippen LogP contribution in [-0.2, 0) is 0 Å². The molecule has 0 aliphatic rings. The summed E-state index contributed by atoms with van der Waals surface area (Å²) >= 11 is 6.08. The summed E-state index contributed by atoms with van der Waals surface area (Å²) in [5.74, 6) is 0.546. The number of aliphatic hydroxyl groups excluding tert-OH is 1. The summed E-state index contributed by atoms with van der Waals surface area (Å²) in [6.45, 7) is 4.42. The second-order valence-corrected chi connectivity index (χ2v) is 4.00. The average Bonchev–Trinajstić information content (AvgIpc) is 2.26. The Morgan fingerprint density at radius 3 is 2.81 bits per heavy atom. The van der Waals surface area contributed by atoms with E-state index in [9.17, 15) is 0 Å². The van der Waals surface area contributed by atoms with Crippen LogP contribution in [0.2, 0.25) is 5.02 Å². The van der Waals surface area contributed by atoms with Gasteiger partial charge < -0.3 is 10.0 Å². The zero-order valence-corrected chi connectivity index (χ0v) is 10.1. The summed E-state index contributed by atoms with van der Waals surface area (Å²) < 4.78 is 0. The molecule has 5 heteroatoms. The van der Waals surface area contributed by atoms with Gasteiger partial charge in [0.15, 0.2) is 0 Å². The van der Waals surface area contributed by atoms with Gasteiger partial charge >= 0.3 is 0 Å². The van der Waals surface area contributed by atoms with E-state index in [0.717, 1.165) is 0 Å². The minimum absolute atomic E-state index is 0.0208. The Morgan fingerprint density at radius 1 is 1.62 bits per heavy atom. The van der Waals surface area contributed by atoms with Crippen LogP contribution < -0.4 is 4.90 Å². The first-order valence-corrected chi connectivity index (χ1v) is 5.41. The van der Waals surface area contributed by atoms with E-state index in [1.807, 2.05) is 24.8 Å². The molecule has 0 aromatic carbocycles. The Labute approximate surface area is 100 Å². The van der Waals surface area contributed by atoms with Crippen LogP contribution >= 0.6 is 11.6 Å². The van der Waals surface area contributed by atoms with Gasteiger partial charge in [0.2, 0.25) is 0 Å². The molecule has 0 fully saturated rings. The molecule has 1 aromatic heterocycles. The second kappa shape index (κ2) is 5.69. The van der Waals surface area contributed by atoms with Crippen molar-refractivity contribution in [3.8, 4) is 6.07 Å². The van der Waals surface area contributed by atoms with Crippen LogP contribution in [0.3, 0.4) is 0 Å². The third-order valence-electron chi connectivity index (χ3n) is 2.23. The fourth-order valence-electron chi connectivity index (χ4n) is 1.44. The molecule has 16 heavy (non-hydrogen) atoms. The Hall–Kier alpha value is -1.31. The van der Waals surface area contributed by atoms with Crippen LogP contribution in [0.4, 0.5) is 5.82 Å². The topological polar surface area (TPSA) is 60.1 Å². The van der Waals surface area contributed by atoms with E-state index in [4.69, 9.17) is 22.0 Å². The standard InChI is InChI=1S/C11H14ClN3O/c1-8(2)15(5-6-16)11-10(12)9(7-13)3-4-14-11/h3-4,8,16H,5-6H2,1-2H3. The van der Waals surface area contributed by atoms with Crippen molar-refractivity contribution in [1.29, 1.82) is 5.26 Å². The molecular formula is C11H14ClN3O. The zero-order chi connectivity index (χ0) is 12.1. The van der Waals surface area contributed by atoms with Gasteiger partial charge in [0.25, 0.3) is 0 Å². The molecule has 0 aliphatic heterocycles. The number of aliphatic hydroxyl groups is 1. The molecule has 1 aromatic rings. The smallest absolute Gasteiger partial charge is 0.149 e. The van der Waals surface area contributed by atoms with Gasteiger partial charge in [-0.15, -0.1) is 0 Å². The minimum Gasteiger partial charge on any atom is -0.395 e. The van der Waals surface area contributed by atoms with Crippen molar-refractivity contribution >= 4 is 17.4 Å². The Bertz CT molecular complexity index is 401. The maximum atomic E-state index is 8.99. The summed E-state index contributed by atoms with van der Waals surface area (Å²) in [6, 6.07) is 3.74. The SMILES string of the molecule is CC(C)N(CCO)c1nccc(C#N)c1Cl. The van der Waals surface area contributed by atoms with Gasteiger partial charge in [-0.05, 0) is 19.9 Å². The molecule has 0 saturated heterocycles. The molecule has 1 heterocycles. The largest absolute Gasteiger partial charge is 0.395 e. The summed E-state index contributed by atoms with van der Waals surface area (Å²) in [6.07, 6.45) is 1.55. The lowest BCUT2D eigenvalue weighted by atomic mass is 10.2. The van der Waals surface area contributed by atoms with Crippen molar-refractivity contribution in [2.75, 3.05) is 18.1 Å². The molecule has 1 rings (SSSR count). The van der Waals surface area contributed by atoms with Crippen molar-refractivity contribution in [2.24, 2.45) is 0 Å². The van der Waals surface area contributed by atoms with Crippen molar-refractivity contribution in [3.05, 3.63) is 22.8 Å². The molecule has 0 atom stereocenters. The summed E-state index contributed by atoms with van der Waals surface area (Å²) in [7, 11) is 0. The first-order valence-electron chi connectivity index (χ1n) is 5.04. The number of hydrogen-bond acceptors (Lipinski definition) is 4. The van der Waals surface area contributed by atoms with E-state index in [-0.39, 0.29) is 12.6 Å². The molecule has 86 valence electrons. The molecule has 0 unspecified atom stereocenters. The molecule has 0 amide bonds. The van der Waals surface area contributed by atoms with Gasteiger partial charge in [0.1, 0.15) is 16.9 Å². The van der Waals surface area contributed by atoms with Gasteiger partial charge in [-0.3, -0.25) is 0 Å². The fourth-order valence-corrected chi connectivity index (χ4v) is 1.70. The highest BCUT2D eigenvalue weighted by molar-refractivity contribution is 6.34. The third kappa shape index (κ3) is 2.63. The number of nitriles is 1. The number of rotatable bonds is 4. The number of anilines is 1. The van der Waals surface area contributed by atoms with E-state index in [1.165, 1.54) is 0 Å². The highest BCUT2D eigenvalue weighted by Crippen LogP contribution is 2.27. The lowest BCUT2D eigenvalue weighted by Crippen LogP contribution is -2.34. The van der Waals surface area contributed by atoms with Crippen molar-refractivity contribution < 1.29 is 5.11 Å².